The lowest BCUT2D eigenvalue weighted by Crippen LogP contribution is -2.58. The van der Waals surface area contributed by atoms with Crippen molar-refractivity contribution in [3.8, 4) is 0 Å². The molecule has 3 rings (SSSR count). The molecule has 1 atom stereocenters. The molecule has 4 amide bonds. The summed E-state index contributed by atoms with van der Waals surface area (Å²) in [5.41, 5.74) is 0.886. The van der Waals surface area contributed by atoms with E-state index in [-0.39, 0.29) is 0 Å². The number of urea groups is 1. The van der Waals surface area contributed by atoms with Crippen molar-refractivity contribution in [2.24, 2.45) is 10.9 Å². The number of barbiturate groups is 1. The van der Waals surface area contributed by atoms with Crippen LogP contribution in [0.25, 0.3) is 0 Å². The van der Waals surface area contributed by atoms with Crippen LogP contribution in [0.5, 0.6) is 0 Å². The minimum Gasteiger partial charge on any atom is -0.276 e. The van der Waals surface area contributed by atoms with Crippen molar-refractivity contribution in [3.63, 3.8) is 0 Å². The molecular formula is C17H11BrClN3O3. The second-order valence-corrected chi connectivity index (χ2v) is 6.44. The van der Waals surface area contributed by atoms with Gasteiger partial charge < -0.3 is 0 Å². The molecule has 0 unspecified atom stereocenters. The normalized spacial score (nSPS) is 17.9. The van der Waals surface area contributed by atoms with E-state index in [0.29, 0.717) is 16.4 Å². The van der Waals surface area contributed by atoms with Gasteiger partial charge in [-0.15, -0.1) is 0 Å². The van der Waals surface area contributed by atoms with Gasteiger partial charge in [-0.1, -0.05) is 23.7 Å². The molecule has 8 heteroatoms. The topological polar surface area (TPSA) is 78.8 Å². The Kier molecular flexibility index (Phi) is 4.96. The number of para-hydroxylation sites is 1. The Balaban J connectivity index is 1.90. The Labute approximate surface area is 156 Å². The monoisotopic (exact) mass is 419 g/mol. The van der Waals surface area contributed by atoms with Gasteiger partial charge in [0, 0.05) is 15.7 Å². The van der Waals surface area contributed by atoms with E-state index in [1.165, 1.54) is 18.3 Å². The summed E-state index contributed by atoms with van der Waals surface area (Å²) in [5, 5.41) is 2.63. The highest BCUT2D eigenvalue weighted by Crippen LogP contribution is 2.26. The predicted octanol–water partition coefficient (Wildman–Crippen LogP) is 3.70. The number of nitrogens with zero attached hydrogens (tertiary/aromatic N) is 2. The fourth-order valence-corrected chi connectivity index (χ4v) is 2.78. The Morgan fingerprint density at radius 2 is 1.76 bits per heavy atom. The molecule has 126 valence electrons. The molecule has 1 heterocycles. The van der Waals surface area contributed by atoms with E-state index in [2.05, 4.69) is 26.2 Å². The maximum absolute atomic E-state index is 12.6. The number of aliphatic imine (C=N–C) groups is 1. The van der Waals surface area contributed by atoms with Gasteiger partial charge in [0.15, 0.2) is 5.92 Å². The van der Waals surface area contributed by atoms with Crippen molar-refractivity contribution in [1.29, 1.82) is 0 Å². The van der Waals surface area contributed by atoms with Crippen molar-refractivity contribution in [1.82, 2.24) is 5.32 Å². The van der Waals surface area contributed by atoms with Gasteiger partial charge in [-0.2, -0.15) is 0 Å². The zero-order valence-electron chi connectivity index (χ0n) is 12.6. The van der Waals surface area contributed by atoms with Crippen LogP contribution in [0.3, 0.4) is 0 Å². The van der Waals surface area contributed by atoms with Crippen molar-refractivity contribution in [2.75, 3.05) is 4.90 Å². The van der Waals surface area contributed by atoms with Crippen LogP contribution in [0.1, 0.15) is 0 Å². The van der Waals surface area contributed by atoms with E-state index < -0.39 is 23.8 Å². The average Bonchev–Trinajstić information content (AvgIpc) is 2.57. The van der Waals surface area contributed by atoms with Crippen LogP contribution in [0.2, 0.25) is 5.02 Å². The van der Waals surface area contributed by atoms with Gasteiger partial charge in [0.05, 0.1) is 11.4 Å². The van der Waals surface area contributed by atoms with Crippen LogP contribution in [0.15, 0.2) is 58.0 Å². The van der Waals surface area contributed by atoms with E-state index in [0.717, 1.165) is 9.37 Å². The molecule has 2 aromatic carbocycles. The molecule has 2 aromatic rings. The number of halogens is 2. The molecule has 0 saturated carbocycles. The number of amides is 4. The average molecular weight is 421 g/mol. The Hall–Kier alpha value is -2.51. The Bertz CT molecular complexity index is 883. The minimum atomic E-state index is -1.21. The predicted molar refractivity (Wildman–Crippen MR) is 98.3 cm³/mol. The maximum atomic E-state index is 12.6. The molecule has 1 N–H and O–H groups in total. The number of nitrogens with one attached hydrogen (secondary N) is 1. The van der Waals surface area contributed by atoms with Crippen molar-refractivity contribution in [3.05, 3.63) is 58.0 Å². The zero-order valence-corrected chi connectivity index (χ0v) is 15.0. The van der Waals surface area contributed by atoms with Crippen LogP contribution < -0.4 is 10.2 Å². The molecule has 25 heavy (non-hydrogen) atoms. The van der Waals surface area contributed by atoms with Gasteiger partial charge >= 0.3 is 6.03 Å². The molecule has 0 bridgehead atoms. The number of anilines is 1. The number of hydrogen-bond acceptors (Lipinski definition) is 4. The fourth-order valence-electron chi connectivity index (χ4n) is 2.27. The molecule has 1 saturated heterocycles. The minimum absolute atomic E-state index is 0.318. The van der Waals surface area contributed by atoms with Gasteiger partial charge in [0.2, 0.25) is 5.91 Å². The molecule has 6 nitrogen and oxygen atoms in total. The van der Waals surface area contributed by atoms with Crippen molar-refractivity contribution in [2.45, 2.75) is 0 Å². The summed E-state index contributed by atoms with van der Waals surface area (Å²) >= 11 is 9.16. The highest BCUT2D eigenvalue weighted by Gasteiger charge is 2.40. The molecule has 0 radical (unpaired) electrons. The van der Waals surface area contributed by atoms with Crippen LogP contribution >= 0.6 is 27.5 Å². The van der Waals surface area contributed by atoms with Crippen molar-refractivity contribution < 1.29 is 14.4 Å². The van der Waals surface area contributed by atoms with Crippen molar-refractivity contribution >= 4 is 63.0 Å². The van der Waals surface area contributed by atoms with E-state index in [1.54, 1.807) is 30.3 Å². The van der Waals surface area contributed by atoms with E-state index >= 15 is 0 Å². The van der Waals surface area contributed by atoms with Crippen LogP contribution in [0.4, 0.5) is 16.2 Å². The van der Waals surface area contributed by atoms with E-state index in [9.17, 15) is 14.4 Å². The highest BCUT2D eigenvalue weighted by molar-refractivity contribution is 9.10. The summed E-state index contributed by atoms with van der Waals surface area (Å²) < 4.78 is 0.723. The second kappa shape index (κ2) is 7.16. The fraction of sp³-hybridized carbons (Fsp3) is 0.0588. The highest BCUT2D eigenvalue weighted by atomic mass is 79.9. The van der Waals surface area contributed by atoms with Gasteiger partial charge in [-0.25, -0.2) is 9.69 Å². The molecule has 0 aromatic heterocycles. The van der Waals surface area contributed by atoms with Gasteiger partial charge in [0.1, 0.15) is 0 Å². The number of rotatable bonds is 3. The maximum Gasteiger partial charge on any atom is 0.335 e. The third-order valence-electron chi connectivity index (χ3n) is 3.50. The molecule has 1 aliphatic heterocycles. The lowest BCUT2D eigenvalue weighted by Gasteiger charge is -2.28. The number of carbonyl (C=O) groups is 3. The van der Waals surface area contributed by atoms with Crippen LogP contribution in [0, 0.1) is 5.92 Å². The molecule has 0 spiro atoms. The first kappa shape index (κ1) is 17.3. The molecule has 1 aliphatic rings. The summed E-state index contributed by atoms with van der Waals surface area (Å²) in [5.74, 6) is -2.59. The SMILES string of the molecule is O=C1NC(=O)N(c2ccc(Cl)cc2)C(=O)[C@@H]1C=Nc1ccccc1Br. The van der Waals surface area contributed by atoms with E-state index in [1.807, 2.05) is 6.07 Å². The number of imide groups is 2. The second-order valence-electron chi connectivity index (χ2n) is 5.15. The van der Waals surface area contributed by atoms with Gasteiger partial charge in [-0.3, -0.25) is 19.9 Å². The summed E-state index contributed by atoms with van der Waals surface area (Å²) in [7, 11) is 0. The quantitative estimate of drug-likeness (QED) is 0.607. The number of hydrogen-bond donors (Lipinski definition) is 1. The lowest BCUT2D eigenvalue weighted by atomic mass is 10.1. The molecule has 0 aliphatic carbocycles. The van der Waals surface area contributed by atoms with Crippen LogP contribution in [-0.4, -0.2) is 24.1 Å². The third kappa shape index (κ3) is 3.62. The van der Waals surface area contributed by atoms with Crippen LogP contribution in [-0.2, 0) is 9.59 Å². The smallest absolute Gasteiger partial charge is 0.276 e. The van der Waals surface area contributed by atoms with Gasteiger partial charge in [-0.05, 0) is 52.3 Å². The lowest BCUT2D eigenvalue weighted by molar-refractivity contribution is -0.131. The summed E-state index contributed by atoms with van der Waals surface area (Å²) in [6.07, 6.45) is 1.23. The first-order chi connectivity index (χ1) is 12.0. The third-order valence-corrected chi connectivity index (χ3v) is 4.42. The largest absolute Gasteiger partial charge is 0.335 e. The molecule has 1 fully saturated rings. The zero-order chi connectivity index (χ0) is 18.0. The first-order valence-electron chi connectivity index (χ1n) is 7.20. The Morgan fingerprint density at radius 1 is 1.08 bits per heavy atom. The Morgan fingerprint density at radius 3 is 2.44 bits per heavy atom. The number of benzene rings is 2. The first-order valence-corrected chi connectivity index (χ1v) is 8.37. The van der Waals surface area contributed by atoms with E-state index in [4.69, 9.17) is 11.6 Å². The summed E-state index contributed by atoms with van der Waals surface area (Å²) in [4.78, 5) is 41.8. The summed E-state index contributed by atoms with van der Waals surface area (Å²) in [6, 6.07) is 12.5. The molecular weight excluding hydrogens is 410 g/mol. The standard InChI is InChI=1S/C17H11BrClN3O3/c18-13-3-1-2-4-14(13)20-9-12-15(23)21-17(25)22(16(12)24)11-7-5-10(19)6-8-11/h1-9,12H,(H,21,23,25)/t12-/m1/s1. The summed E-state index contributed by atoms with van der Waals surface area (Å²) in [6.45, 7) is 0. The van der Waals surface area contributed by atoms with Gasteiger partial charge in [0.25, 0.3) is 5.91 Å². The number of carbonyl (C=O) groups excluding carboxylic acids is 3.